The monoisotopic (exact) mass is 338 g/mol. The number of nitrogens with zero attached hydrogens (tertiary/aromatic N) is 4. The molecule has 3 aromatic heterocycles. The smallest absolute Gasteiger partial charge is 0.234 e. The summed E-state index contributed by atoms with van der Waals surface area (Å²) < 4.78 is 8.01. The SMILES string of the molecule is c1ccc(-c2cnc(-c3cccc4ccn(-c5ncccn5)c34)o2)cc1. The molecule has 124 valence electrons. The Hall–Kier alpha value is -3.73. The molecule has 0 atom stereocenters. The third kappa shape index (κ3) is 2.38. The summed E-state index contributed by atoms with van der Waals surface area (Å²) in [7, 11) is 0. The number of aromatic nitrogens is 4. The zero-order chi connectivity index (χ0) is 17.3. The lowest BCUT2D eigenvalue weighted by molar-refractivity contribution is 0.589. The van der Waals surface area contributed by atoms with Crippen LogP contribution in [0, 0.1) is 0 Å². The second-order valence-electron chi connectivity index (χ2n) is 5.87. The second kappa shape index (κ2) is 5.97. The van der Waals surface area contributed by atoms with E-state index in [9.17, 15) is 0 Å². The Balaban J connectivity index is 1.69. The van der Waals surface area contributed by atoms with Gasteiger partial charge in [0.1, 0.15) is 0 Å². The van der Waals surface area contributed by atoms with Crippen molar-refractivity contribution in [1.29, 1.82) is 0 Å². The standard InChI is InChI=1S/C21H14N4O/c1-2-6-15(7-3-1)18-14-24-20(26-18)17-9-4-8-16-10-13-25(19(16)17)21-22-11-5-12-23-21/h1-14H. The molecule has 0 unspecified atom stereocenters. The molecule has 0 radical (unpaired) electrons. The number of hydrogen-bond donors (Lipinski definition) is 0. The van der Waals surface area contributed by atoms with Crippen LogP contribution in [-0.2, 0) is 0 Å². The van der Waals surface area contributed by atoms with Crippen molar-refractivity contribution in [3.05, 3.63) is 85.5 Å². The molecule has 26 heavy (non-hydrogen) atoms. The lowest BCUT2D eigenvalue weighted by Gasteiger charge is -2.06. The largest absolute Gasteiger partial charge is 0.436 e. The fraction of sp³-hybridized carbons (Fsp3) is 0. The van der Waals surface area contributed by atoms with Gasteiger partial charge in [-0.3, -0.25) is 4.57 Å². The Morgan fingerprint density at radius 3 is 2.46 bits per heavy atom. The second-order valence-corrected chi connectivity index (χ2v) is 5.87. The summed E-state index contributed by atoms with van der Waals surface area (Å²) in [5, 5.41) is 1.08. The molecule has 0 N–H and O–H groups in total. The number of hydrogen-bond acceptors (Lipinski definition) is 4. The summed E-state index contributed by atoms with van der Waals surface area (Å²) in [6.45, 7) is 0. The van der Waals surface area contributed by atoms with Crippen LogP contribution in [0.4, 0.5) is 0 Å². The van der Waals surface area contributed by atoms with E-state index in [1.165, 1.54) is 0 Å². The van der Waals surface area contributed by atoms with Crippen LogP contribution in [0.1, 0.15) is 0 Å². The van der Waals surface area contributed by atoms with E-state index in [-0.39, 0.29) is 0 Å². The highest BCUT2D eigenvalue weighted by molar-refractivity contribution is 5.93. The van der Waals surface area contributed by atoms with E-state index in [0.29, 0.717) is 11.8 Å². The molecule has 5 aromatic rings. The van der Waals surface area contributed by atoms with Gasteiger partial charge in [0.2, 0.25) is 11.8 Å². The van der Waals surface area contributed by atoms with Gasteiger partial charge in [-0.1, -0.05) is 42.5 Å². The van der Waals surface area contributed by atoms with Crippen molar-refractivity contribution in [2.75, 3.05) is 0 Å². The number of benzene rings is 2. The van der Waals surface area contributed by atoms with Crippen LogP contribution < -0.4 is 0 Å². The van der Waals surface area contributed by atoms with E-state index in [1.807, 2.05) is 59.3 Å². The fourth-order valence-electron chi connectivity index (χ4n) is 3.08. The van der Waals surface area contributed by atoms with Gasteiger partial charge in [0.25, 0.3) is 0 Å². The molecule has 0 saturated carbocycles. The maximum atomic E-state index is 6.06. The zero-order valence-corrected chi connectivity index (χ0v) is 13.8. The average molecular weight is 338 g/mol. The van der Waals surface area contributed by atoms with Crippen molar-refractivity contribution < 1.29 is 4.42 Å². The molecule has 5 nitrogen and oxygen atoms in total. The van der Waals surface area contributed by atoms with Gasteiger partial charge in [-0.25, -0.2) is 15.0 Å². The number of fused-ring (bicyclic) bond motifs is 1. The molecule has 0 bridgehead atoms. The highest BCUT2D eigenvalue weighted by Crippen LogP contribution is 2.32. The molecule has 0 fully saturated rings. The van der Waals surface area contributed by atoms with E-state index in [0.717, 1.165) is 27.8 Å². The van der Waals surface area contributed by atoms with Crippen molar-refractivity contribution in [1.82, 2.24) is 19.5 Å². The first-order valence-electron chi connectivity index (χ1n) is 8.29. The summed E-state index contributed by atoms with van der Waals surface area (Å²) >= 11 is 0. The maximum absolute atomic E-state index is 6.06. The third-order valence-corrected chi connectivity index (χ3v) is 4.27. The molecule has 5 rings (SSSR count). The van der Waals surface area contributed by atoms with Crippen LogP contribution in [0.3, 0.4) is 0 Å². The minimum absolute atomic E-state index is 0.574. The summed E-state index contributed by atoms with van der Waals surface area (Å²) in [6.07, 6.45) is 7.19. The summed E-state index contributed by atoms with van der Waals surface area (Å²) in [5.74, 6) is 1.93. The van der Waals surface area contributed by atoms with Crippen LogP contribution in [0.15, 0.2) is 89.9 Å². The van der Waals surface area contributed by atoms with Crippen molar-refractivity contribution in [2.45, 2.75) is 0 Å². The Labute approximate surface area is 149 Å². The molecular weight excluding hydrogens is 324 g/mol. The van der Waals surface area contributed by atoms with E-state index in [2.05, 4.69) is 21.0 Å². The third-order valence-electron chi connectivity index (χ3n) is 4.27. The van der Waals surface area contributed by atoms with Crippen LogP contribution in [0.25, 0.3) is 39.6 Å². The minimum atomic E-state index is 0.574. The van der Waals surface area contributed by atoms with Gasteiger partial charge in [-0.15, -0.1) is 0 Å². The topological polar surface area (TPSA) is 56.7 Å². The molecule has 0 amide bonds. The molecule has 2 aromatic carbocycles. The van der Waals surface area contributed by atoms with Crippen LogP contribution in [0.5, 0.6) is 0 Å². The number of para-hydroxylation sites is 1. The van der Waals surface area contributed by atoms with Crippen molar-refractivity contribution in [3.8, 4) is 28.7 Å². The van der Waals surface area contributed by atoms with Gasteiger partial charge in [0.05, 0.1) is 17.3 Å². The first-order valence-corrected chi connectivity index (χ1v) is 8.29. The molecule has 0 aliphatic carbocycles. The van der Waals surface area contributed by atoms with E-state index in [1.54, 1.807) is 24.7 Å². The molecule has 3 heterocycles. The molecule has 0 aliphatic rings. The normalized spacial score (nSPS) is 11.1. The summed E-state index contributed by atoms with van der Waals surface area (Å²) in [6, 6.07) is 19.9. The van der Waals surface area contributed by atoms with Gasteiger partial charge in [-0.05, 0) is 18.2 Å². The molecule has 5 heteroatoms. The number of rotatable bonds is 3. The Morgan fingerprint density at radius 2 is 1.62 bits per heavy atom. The fourth-order valence-corrected chi connectivity index (χ4v) is 3.08. The van der Waals surface area contributed by atoms with E-state index < -0.39 is 0 Å². The highest BCUT2D eigenvalue weighted by Gasteiger charge is 2.15. The van der Waals surface area contributed by atoms with Gasteiger partial charge >= 0.3 is 0 Å². The first kappa shape index (κ1) is 14.6. The predicted octanol–water partition coefficient (Wildman–Crippen LogP) is 4.74. The quantitative estimate of drug-likeness (QED) is 0.477. The van der Waals surface area contributed by atoms with Crippen LogP contribution >= 0.6 is 0 Å². The Bertz CT molecular complexity index is 1180. The zero-order valence-electron chi connectivity index (χ0n) is 13.8. The van der Waals surface area contributed by atoms with Crippen molar-refractivity contribution in [3.63, 3.8) is 0 Å². The summed E-state index contributed by atoms with van der Waals surface area (Å²) in [5.41, 5.74) is 2.88. The number of oxazole rings is 1. The summed E-state index contributed by atoms with van der Waals surface area (Å²) in [4.78, 5) is 13.2. The van der Waals surface area contributed by atoms with Gasteiger partial charge in [0, 0.05) is 29.5 Å². The van der Waals surface area contributed by atoms with Gasteiger partial charge < -0.3 is 4.42 Å². The predicted molar refractivity (Wildman–Crippen MR) is 99.8 cm³/mol. The molecule has 0 aliphatic heterocycles. The Morgan fingerprint density at radius 1 is 0.769 bits per heavy atom. The van der Waals surface area contributed by atoms with E-state index in [4.69, 9.17) is 4.42 Å². The lowest BCUT2D eigenvalue weighted by Crippen LogP contribution is -1.99. The maximum Gasteiger partial charge on any atom is 0.234 e. The minimum Gasteiger partial charge on any atom is -0.436 e. The average Bonchev–Trinajstić information content (AvgIpc) is 3.37. The molecule has 0 saturated heterocycles. The van der Waals surface area contributed by atoms with Gasteiger partial charge in [-0.2, -0.15) is 0 Å². The molecule has 0 spiro atoms. The van der Waals surface area contributed by atoms with Crippen LogP contribution in [0.2, 0.25) is 0 Å². The highest BCUT2D eigenvalue weighted by atomic mass is 16.4. The van der Waals surface area contributed by atoms with Crippen molar-refractivity contribution >= 4 is 10.9 Å². The first-order chi connectivity index (χ1) is 12.9. The van der Waals surface area contributed by atoms with Crippen molar-refractivity contribution in [2.24, 2.45) is 0 Å². The van der Waals surface area contributed by atoms with Crippen LogP contribution in [-0.4, -0.2) is 19.5 Å². The lowest BCUT2D eigenvalue weighted by atomic mass is 10.1. The van der Waals surface area contributed by atoms with Gasteiger partial charge in [0.15, 0.2) is 5.76 Å². The Kier molecular flexibility index (Phi) is 3.35. The van der Waals surface area contributed by atoms with E-state index >= 15 is 0 Å². The molecular formula is C21H14N4O.